The molecule has 2 rings (SSSR count). The Morgan fingerprint density at radius 2 is 2.05 bits per heavy atom. The molecule has 1 aromatic heterocycles. The summed E-state index contributed by atoms with van der Waals surface area (Å²) in [5, 5.41) is 2.75. The number of amides is 1. The first-order valence-corrected chi connectivity index (χ1v) is 6.24. The Bertz CT molecular complexity index is 665. The summed E-state index contributed by atoms with van der Waals surface area (Å²) in [5.74, 6) is -0.965. The molecule has 1 heterocycles. The van der Waals surface area contributed by atoms with Crippen LogP contribution in [0.1, 0.15) is 10.4 Å². The van der Waals surface area contributed by atoms with Crippen LogP contribution in [-0.4, -0.2) is 18.0 Å². The minimum Gasteiger partial charge on any atom is -0.494 e. The molecular weight excluding hydrogens is 306 g/mol. The monoisotopic (exact) mass is 314 g/mol. The molecule has 0 atom stereocenters. The van der Waals surface area contributed by atoms with E-state index in [0.717, 1.165) is 0 Å². The predicted octanol–water partition coefficient (Wildman–Crippen LogP) is 3.79. The zero-order chi connectivity index (χ0) is 14.7. The molecule has 0 spiro atoms. The summed E-state index contributed by atoms with van der Waals surface area (Å²) in [7, 11) is 1.34. The van der Waals surface area contributed by atoms with Crippen molar-refractivity contribution in [1.82, 2.24) is 4.98 Å². The van der Waals surface area contributed by atoms with Crippen LogP contribution in [0.2, 0.25) is 10.3 Å². The zero-order valence-corrected chi connectivity index (χ0v) is 11.8. The highest BCUT2D eigenvalue weighted by atomic mass is 35.5. The molecule has 1 amide bonds. The van der Waals surface area contributed by atoms with Gasteiger partial charge in [-0.05, 0) is 24.3 Å². The van der Waals surface area contributed by atoms with Crippen LogP contribution >= 0.6 is 23.2 Å². The summed E-state index contributed by atoms with van der Waals surface area (Å²) in [6.07, 6.45) is 0. The molecular formula is C13H9Cl2FN2O2. The molecule has 7 heteroatoms. The number of pyridine rings is 1. The first-order chi connectivity index (χ1) is 9.51. The van der Waals surface area contributed by atoms with Crippen LogP contribution in [0.15, 0.2) is 30.3 Å². The highest BCUT2D eigenvalue weighted by molar-refractivity contribution is 6.35. The van der Waals surface area contributed by atoms with Crippen LogP contribution in [0.5, 0.6) is 5.75 Å². The molecule has 0 fully saturated rings. The second kappa shape index (κ2) is 6.07. The van der Waals surface area contributed by atoms with Crippen LogP contribution in [0, 0.1) is 5.82 Å². The third-order valence-electron chi connectivity index (χ3n) is 2.47. The average Bonchev–Trinajstić information content (AvgIpc) is 2.40. The fourth-order valence-electron chi connectivity index (χ4n) is 1.52. The van der Waals surface area contributed by atoms with Crippen LogP contribution < -0.4 is 10.1 Å². The van der Waals surface area contributed by atoms with E-state index >= 15 is 0 Å². The summed E-state index contributed by atoms with van der Waals surface area (Å²) in [5.41, 5.74) is 0.540. The van der Waals surface area contributed by atoms with Gasteiger partial charge in [-0.15, -0.1) is 0 Å². The lowest BCUT2D eigenvalue weighted by molar-refractivity contribution is 0.102. The van der Waals surface area contributed by atoms with E-state index in [1.165, 1.54) is 37.4 Å². The molecule has 0 unspecified atom stereocenters. The Balaban J connectivity index is 2.23. The van der Waals surface area contributed by atoms with Crippen molar-refractivity contribution in [2.75, 3.05) is 12.4 Å². The topological polar surface area (TPSA) is 51.2 Å². The zero-order valence-electron chi connectivity index (χ0n) is 10.3. The van der Waals surface area contributed by atoms with Crippen molar-refractivity contribution in [3.8, 4) is 5.75 Å². The van der Waals surface area contributed by atoms with Gasteiger partial charge in [-0.3, -0.25) is 4.79 Å². The number of carbonyl (C=O) groups excluding carboxylic acids is 1. The number of benzene rings is 1. The van der Waals surface area contributed by atoms with E-state index in [4.69, 9.17) is 27.9 Å². The summed E-state index contributed by atoms with van der Waals surface area (Å²) >= 11 is 11.5. The van der Waals surface area contributed by atoms with Gasteiger partial charge in [0.2, 0.25) is 0 Å². The maximum Gasteiger partial charge on any atom is 0.258 e. The number of nitrogens with one attached hydrogen (secondary N) is 1. The molecule has 0 bridgehead atoms. The highest BCUT2D eigenvalue weighted by Crippen LogP contribution is 2.23. The van der Waals surface area contributed by atoms with Crippen LogP contribution in [-0.2, 0) is 0 Å². The van der Waals surface area contributed by atoms with E-state index < -0.39 is 11.7 Å². The van der Waals surface area contributed by atoms with Crippen molar-refractivity contribution < 1.29 is 13.9 Å². The normalized spacial score (nSPS) is 10.2. The molecule has 104 valence electrons. The van der Waals surface area contributed by atoms with E-state index in [1.807, 2.05) is 0 Å². The lowest BCUT2D eigenvalue weighted by Crippen LogP contribution is -2.13. The lowest BCUT2D eigenvalue weighted by atomic mass is 10.2. The third-order valence-corrected chi connectivity index (χ3v) is 2.97. The molecule has 1 N–H and O–H groups in total. The van der Waals surface area contributed by atoms with Gasteiger partial charge in [0.1, 0.15) is 10.3 Å². The van der Waals surface area contributed by atoms with Gasteiger partial charge < -0.3 is 10.1 Å². The van der Waals surface area contributed by atoms with Gasteiger partial charge in [0, 0.05) is 11.8 Å². The highest BCUT2D eigenvalue weighted by Gasteiger charge is 2.13. The van der Waals surface area contributed by atoms with Gasteiger partial charge in [-0.1, -0.05) is 23.2 Å². The fourth-order valence-corrected chi connectivity index (χ4v) is 1.95. The third kappa shape index (κ3) is 3.18. The second-order valence-electron chi connectivity index (χ2n) is 3.78. The van der Waals surface area contributed by atoms with Crippen molar-refractivity contribution in [1.29, 1.82) is 0 Å². The number of methoxy groups -OCH3 is 1. The number of nitrogens with zero attached hydrogens (tertiary/aromatic N) is 1. The lowest BCUT2D eigenvalue weighted by Gasteiger charge is -2.08. The number of rotatable bonds is 3. The van der Waals surface area contributed by atoms with Gasteiger partial charge in [0.15, 0.2) is 11.6 Å². The maximum atomic E-state index is 13.3. The van der Waals surface area contributed by atoms with Gasteiger partial charge >= 0.3 is 0 Å². The molecule has 0 aliphatic carbocycles. The SMILES string of the molecule is COc1cc(NC(=O)c2ccc(Cl)nc2Cl)ccc1F. The van der Waals surface area contributed by atoms with Crippen LogP contribution in [0.3, 0.4) is 0 Å². The molecule has 20 heavy (non-hydrogen) atoms. The smallest absolute Gasteiger partial charge is 0.258 e. The summed E-state index contributed by atoms with van der Waals surface area (Å²) in [6, 6.07) is 6.87. The Hall–Kier alpha value is -1.85. The molecule has 1 aromatic carbocycles. The molecule has 0 saturated carbocycles. The minimum absolute atomic E-state index is 0.0101. The Labute approximate surface area is 124 Å². The van der Waals surface area contributed by atoms with Crippen molar-refractivity contribution in [2.45, 2.75) is 0 Å². The van der Waals surface area contributed by atoms with E-state index in [9.17, 15) is 9.18 Å². The van der Waals surface area contributed by atoms with E-state index in [1.54, 1.807) is 0 Å². The van der Waals surface area contributed by atoms with Gasteiger partial charge in [-0.2, -0.15) is 0 Å². The van der Waals surface area contributed by atoms with E-state index in [2.05, 4.69) is 10.3 Å². The van der Waals surface area contributed by atoms with Crippen LogP contribution in [0.25, 0.3) is 0 Å². The minimum atomic E-state index is -0.517. The van der Waals surface area contributed by atoms with Crippen molar-refractivity contribution in [3.05, 3.63) is 52.0 Å². The maximum absolute atomic E-state index is 13.3. The Morgan fingerprint density at radius 1 is 1.30 bits per heavy atom. The standard InChI is InChI=1S/C13H9Cl2FN2O2/c1-20-10-6-7(2-4-9(10)16)17-13(19)8-3-5-11(14)18-12(8)15/h2-6H,1H3,(H,17,19). The quantitative estimate of drug-likeness (QED) is 0.877. The largest absolute Gasteiger partial charge is 0.494 e. The molecule has 0 saturated heterocycles. The molecule has 4 nitrogen and oxygen atoms in total. The van der Waals surface area contributed by atoms with Crippen molar-refractivity contribution >= 4 is 34.8 Å². The number of halogens is 3. The molecule has 0 aliphatic heterocycles. The number of hydrogen-bond acceptors (Lipinski definition) is 3. The number of carbonyl (C=O) groups is 1. The van der Waals surface area contributed by atoms with E-state index in [0.29, 0.717) is 5.69 Å². The molecule has 0 radical (unpaired) electrons. The number of anilines is 1. The van der Waals surface area contributed by atoms with Crippen molar-refractivity contribution in [2.24, 2.45) is 0 Å². The average molecular weight is 315 g/mol. The predicted molar refractivity (Wildman–Crippen MR) is 75.2 cm³/mol. The fraction of sp³-hybridized carbons (Fsp3) is 0.0769. The van der Waals surface area contributed by atoms with Crippen molar-refractivity contribution in [3.63, 3.8) is 0 Å². The molecule has 0 aliphatic rings. The van der Waals surface area contributed by atoms with Crippen LogP contribution in [0.4, 0.5) is 10.1 Å². The summed E-state index contributed by atoms with van der Waals surface area (Å²) < 4.78 is 18.1. The van der Waals surface area contributed by atoms with E-state index in [-0.39, 0.29) is 21.6 Å². The molecule has 2 aromatic rings. The summed E-state index contributed by atoms with van der Waals surface area (Å²) in [4.78, 5) is 15.8. The van der Waals surface area contributed by atoms with Gasteiger partial charge in [0.05, 0.1) is 12.7 Å². The first kappa shape index (κ1) is 14.6. The first-order valence-electron chi connectivity index (χ1n) is 5.48. The number of ether oxygens (including phenoxy) is 1. The van der Waals surface area contributed by atoms with Gasteiger partial charge in [0.25, 0.3) is 5.91 Å². The summed E-state index contributed by atoms with van der Waals surface area (Å²) in [6.45, 7) is 0. The van der Waals surface area contributed by atoms with Gasteiger partial charge in [-0.25, -0.2) is 9.37 Å². The Kier molecular flexibility index (Phi) is 4.42. The second-order valence-corrected chi connectivity index (χ2v) is 4.52. The number of aromatic nitrogens is 1. The Morgan fingerprint density at radius 3 is 2.70 bits per heavy atom. The number of hydrogen-bond donors (Lipinski definition) is 1.